The molecular formula is C19H29F2N3. The Morgan fingerprint density at radius 2 is 1.83 bits per heavy atom. The van der Waals surface area contributed by atoms with Gasteiger partial charge in [0.2, 0.25) is 0 Å². The monoisotopic (exact) mass is 337 g/mol. The Bertz CT molecular complexity index is 512. The van der Waals surface area contributed by atoms with Gasteiger partial charge in [-0.1, -0.05) is 49.2 Å². The Labute approximate surface area is 144 Å². The van der Waals surface area contributed by atoms with E-state index in [1.54, 1.807) is 12.1 Å². The molecule has 1 heterocycles. The topological polar surface area (TPSA) is 39.1 Å². The molecule has 24 heavy (non-hydrogen) atoms. The van der Waals surface area contributed by atoms with E-state index in [1.807, 2.05) is 13.0 Å². The van der Waals surface area contributed by atoms with Gasteiger partial charge in [-0.25, -0.2) is 8.78 Å². The Morgan fingerprint density at radius 1 is 1.25 bits per heavy atom. The first-order valence-electron chi connectivity index (χ1n) is 8.50. The van der Waals surface area contributed by atoms with Crippen molar-refractivity contribution in [3.8, 4) is 0 Å². The smallest absolute Gasteiger partial charge is 0.270 e. The molecule has 1 fully saturated rings. The number of unbranched alkanes of at least 4 members (excludes halogenated alkanes) is 1. The van der Waals surface area contributed by atoms with Crippen LogP contribution in [0.1, 0.15) is 37.8 Å². The van der Waals surface area contributed by atoms with Gasteiger partial charge in [-0.2, -0.15) is 0 Å². The van der Waals surface area contributed by atoms with Crippen LogP contribution in [0.3, 0.4) is 0 Å². The Kier molecular flexibility index (Phi) is 8.61. The number of amidine groups is 1. The number of hydrogen-bond acceptors (Lipinski definition) is 2. The number of nitrogens with one attached hydrogen (secondary N) is 2. The maximum absolute atomic E-state index is 12.6. The van der Waals surface area contributed by atoms with Crippen LogP contribution in [-0.2, 0) is 5.92 Å². The van der Waals surface area contributed by atoms with Crippen molar-refractivity contribution in [2.24, 2.45) is 0 Å². The minimum Gasteiger partial charge on any atom is -0.355 e. The number of allylic oxidation sites excluding steroid dienone is 1. The van der Waals surface area contributed by atoms with Gasteiger partial charge in [0, 0.05) is 38.7 Å². The van der Waals surface area contributed by atoms with Gasteiger partial charge < -0.3 is 10.2 Å². The average molecular weight is 337 g/mol. The molecule has 134 valence electrons. The number of hydrogen-bond donors (Lipinski definition) is 2. The molecule has 1 aliphatic heterocycles. The molecule has 1 aromatic rings. The minimum absolute atomic E-state index is 0.0723. The maximum Gasteiger partial charge on any atom is 0.270 e. The summed E-state index contributed by atoms with van der Waals surface area (Å²) >= 11 is 0. The summed E-state index contributed by atoms with van der Waals surface area (Å²) in [7, 11) is 0. The third-order valence-corrected chi connectivity index (χ3v) is 3.75. The number of piperazine rings is 1. The normalized spacial score (nSPS) is 15.1. The molecule has 0 aliphatic carbocycles. The fourth-order valence-corrected chi connectivity index (χ4v) is 2.22. The predicted molar refractivity (Wildman–Crippen MR) is 97.0 cm³/mol. The van der Waals surface area contributed by atoms with Gasteiger partial charge in [0.1, 0.15) is 5.84 Å². The molecule has 0 amide bonds. The molecule has 0 bridgehead atoms. The lowest BCUT2D eigenvalue weighted by Crippen LogP contribution is -2.45. The third kappa shape index (κ3) is 7.68. The number of nitrogens with zero attached hydrogens (tertiary/aromatic N) is 1. The number of rotatable bonds is 4. The van der Waals surface area contributed by atoms with Gasteiger partial charge in [-0.15, -0.1) is 0 Å². The van der Waals surface area contributed by atoms with E-state index in [0.29, 0.717) is 5.84 Å². The van der Waals surface area contributed by atoms with Crippen molar-refractivity contribution in [3.05, 3.63) is 47.5 Å². The molecule has 1 aromatic carbocycles. The zero-order valence-corrected chi connectivity index (χ0v) is 14.9. The van der Waals surface area contributed by atoms with Gasteiger partial charge >= 0.3 is 0 Å². The van der Waals surface area contributed by atoms with Crippen molar-refractivity contribution in [2.75, 3.05) is 26.2 Å². The van der Waals surface area contributed by atoms with E-state index < -0.39 is 5.92 Å². The predicted octanol–water partition coefficient (Wildman–Crippen LogP) is 4.33. The van der Waals surface area contributed by atoms with Crippen LogP contribution in [0, 0.1) is 12.3 Å². The van der Waals surface area contributed by atoms with Gasteiger partial charge in [-0.3, -0.25) is 5.41 Å². The summed E-state index contributed by atoms with van der Waals surface area (Å²) in [6, 6.07) is 6.28. The number of benzene rings is 1. The van der Waals surface area contributed by atoms with Crippen molar-refractivity contribution in [2.45, 2.75) is 39.5 Å². The molecule has 0 saturated carbocycles. The van der Waals surface area contributed by atoms with E-state index in [4.69, 9.17) is 5.41 Å². The zero-order valence-electron chi connectivity index (χ0n) is 14.9. The standard InChI is InChI=1S/C10H19N3.C9H10F2/c1-2-3-4-5-10(11)13-8-6-12-7-9-13;1-7-3-5-8(6-4-7)9(2,10)11/h4-5,11-12H,2-3,6-9H2,1H3;3-6H,1-2H3/b5-4-,11-10?;. The highest BCUT2D eigenvalue weighted by atomic mass is 19.3. The highest BCUT2D eigenvalue weighted by molar-refractivity contribution is 5.90. The summed E-state index contributed by atoms with van der Waals surface area (Å²) in [6.07, 6.45) is 6.25. The van der Waals surface area contributed by atoms with Crippen LogP contribution in [0.2, 0.25) is 0 Å². The molecule has 0 aromatic heterocycles. The Balaban J connectivity index is 0.000000243. The molecule has 5 heteroatoms. The first-order chi connectivity index (χ1) is 11.3. The molecule has 0 radical (unpaired) electrons. The van der Waals surface area contributed by atoms with Crippen molar-refractivity contribution < 1.29 is 8.78 Å². The van der Waals surface area contributed by atoms with Crippen molar-refractivity contribution in [3.63, 3.8) is 0 Å². The second kappa shape index (κ2) is 10.2. The maximum atomic E-state index is 12.6. The van der Waals surface area contributed by atoms with Gasteiger partial charge in [-0.05, 0) is 19.4 Å². The first-order valence-corrected chi connectivity index (χ1v) is 8.50. The lowest BCUT2D eigenvalue weighted by molar-refractivity contribution is 0.0174. The fourth-order valence-electron chi connectivity index (χ4n) is 2.22. The summed E-state index contributed by atoms with van der Waals surface area (Å²) < 4.78 is 25.2. The number of alkyl halides is 2. The van der Waals surface area contributed by atoms with Gasteiger partial charge in [0.05, 0.1) is 0 Å². The van der Waals surface area contributed by atoms with E-state index in [2.05, 4.69) is 23.2 Å². The molecule has 0 unspecified atom stereocenters. The molecule has 0 atom stereocenters. The molecule has 1 aliphatic rings. The van der Waals surface area contributed by atoms with Crippen molar-refractivity contribution in [1.82, 2.24) is 10.2 Å². The van der Waals surface area contributed by atoms with Crippen LogP contribution in [0.15, 0.2) is 36.4 Å². The van der Waals surface area contributed by atoms with Crippen LogP contribution in [0.5, 0.6) is 0 Å². The fraction of sp³-hybridized carbons (Fsp3) is 0.526. The minimum atomic E-state index is -2.71. The second-order valence-corrected chi connectivity index (χ2v) is 6.07. The van der Waals surface area contributed by atoms with Crippen LogP contribution in [0.25, 0.3) is 0 Å². The molecule has 3 nitrogen and oxygen atoms in total. The van der Waals surface area contributed by atoms with Crippen LogP contribution >= 0.6 is 0 Å². The van der Waals surface area contributed by atoms with Crippen molar-refractivity contribution in [1.29, 1.82) is 5.41 Å². The number of halogens is 2. The SMILES string of the molecule is CCC/C=C\C(=N)N1CCNCC1.Cc1ccc(C(C)(F)F)cc1. The van der Waals surface area contributed by atoms with Crippen LogP contribution in [-0.4, -0.2) is 36.9 Å². The molecule has 2 rings (SSSR count). The zero-order chi connectivity index (χ0) is 18.0. The van der Waals surface area contributed by atoms with E-state index in [-0.39, 0.29) is 5.56 Å². The lowest BCUT2D eigenvalue weighted by atomic mass is 10.1. The summed E-state index contributed by atoms with van der Waals surface area (Å²) in [5, 5.41) is 11.0. The number of aryl methyl sites for hydroxylation is 1. The Morgan fingerprint density at radius 3 is 2.33 bits per heavy atom. The molecular weight excluding hydrogens is 308 g/mol. The van der Waals surface area contributed by atoms with E-state index in [0.717, 1.165) is 51.5 Å². The first kappa shape index (κ1) is 20.3. The Hall–Kier alpha value is -1.75. The quantitative estimate of drug-likeness (QED) is 0.634. The second-order valence-electron chi connectivity index (χ2n) is 6.07. The van der Waals surface area contributed by atoms with E-state index in [9.17, 15) is 8.78 Å². The van der Waals surface area contributed by atoms with E-state index >= 15 is 0 Å². The van der Waals surface area contributed by atoms with Crippen LogP contribution < -0.4 is 5.32 Å². The van der Waals surface area contributed by atoms with E-state index in [1.165, 1.54) is 12.1 Å². The summed E-state index contributed by atoms with van der Waals surface area (Å²) in [5.41, 5.74) is 1.07. The average Bonchev–Trinajstić information content (AvgIpc) is 2.56. The molecule has 2 N–H and O–H groups in total. The summed E-state index contributed by atoms with van der Waals surface area (Å²) in [6.45, 7) is 8.87. The molecule has 1 saturated heterocycles. The van der Waals surface area contributed by atoms with Crippen molar-refractivity contribution >= 4 is 5.84 Å². The highest BCUT2D eigenvalue weighted by Crippen LogP contribution is 2.26. The summed E-state index contributed by atoms with van der Waals surface area (Å²) in [4.78, 5) is 2.11. The highest BCUT2D eigenvalue weighted by Gasteiger charge is 2.23. The van der Waals surface area contributed by atoms with Crippen LogP contribution in [0.4, 0.5) is 8.78 Å². The third-order valence-electron chi connectivity index (χ3n) is 3.75. The largest absolute Gasteiger partial charge is 0.355 e. The summed E-state index contributed by atoms with van der Waals surface area (Å²) in [5.74, 6) is -2.05. The lowest BCUT2D eigenvalue weighted by Gasteiger charge is -2.28. The molecule has 0 spiro atoms. The van der Waals surface area contributed by atoms with Gasteiger partial charge in [0.15, 0.2) is 0 Å². The van der Waals surface area contributed by atoms with Gasteiger partial charge in [0.25, 0.3) is 5.92 Å².